The number of carbonyl (C=O) groups excluding carboxylic acids is 4. The fourth-order valence-corrected chi connectivity index (χ4v) is 8.63. The highest BCUT2D eigenvalue weighted by atomic mass is 16.6. The van der Waals surface area contributed by atoms with Crippen molar-refractivity contribution in [3.63, 3.8) is 0 Å². The number of unbranched alkanes of at least 4 members (excludes halogenated alkanes) is 3. The third kappa shape index (κ3) is 7.65. The highest BCUT2D eigenvalue weighted by Gasteiger charge is 2.72. The molecule has 10 heteroatoms. The lowest BCUT2D eigenvalue weighted by molar-refractivity contribution is -0.161. The highest BCUT2D eigenvalue weighted by molar-refractivity contribution is 5.99. The molecule has 3 amide bonds. The summed E-state index contributed by atoms with van der Waals surface area (Å²) in [4.78, 5) is 60.5. The van der Waals surface area contributed by atoms with Crippen LogP contribution in [-0.4, -0.2) is 87.6 Å². The molecule has 2 saturated heterocycles. The van der Waals surface area contributed by atoms with Gasteiger partial charge in [-0.2, -0.15) is 0 Å². The molecule has 10 nitrogen and oxygen atoms in total. The van der Waals surface area contributed by atoms with Gasteiger partial charge in [0.1, 0.15) is 23.7 Å². The fourth-order valence-electron chi connectivity index (χ4n) is 8.63. The molecule has 0 aliphatic carbocycles. The lowest BCUT2D eigenvalue weighted by atomic mass is 9.77. The summed E-state index contributed by atoms with van der Waals surface area (Å²) >= 11 is 0. The van der Waals surface area contributed by atoms with Gasteiger partial charge in [0, 0.05) is 31.7 Å². The first-order valence-corrected chi connectivity index (χ1v) is 18.0. The van der Waals surface area contributed by atoms with Crippen molar-refractivity contribution in [1.29, 1.82) is 0 Å². The number of benzene rings is 1. The Morgan fingerprint density at radius 2 is 1.67 bits per heavy atom. The first-order chi connectivity index (χ1) is 23.2. The Hall–Kier alpha value is -3.50. The van der Waals surface area contributed by atoms with Gasteiger partial charge in [-0.1, -0.05) is 88.2 Å². The quantitative estimate of drug-likeness (QED) is 0.217. The molecule has 4 heterocycles. The van der Waals surface area contributed by atoms with Crippen LogP contribution in [0.3, 0.4) is 0 Å². The number of hydrogen-bond acceptors (Lipinski definition) is 7. The van der Waals surface area contributed by atoms with Gasteiger partial charge in [-0.25, -0.2) is 0 Å². The summed E-state index contributed by atoms with van der Waals surface area (Å²) in [6, 6.07) is 7.79. The highest BCUT2D eigenvalue weighted by Crippen LogP contribution is 2.54. The van der Waals surface area contributed by atoms with E-state index in [0.717, 1.165) is 24.8 Å². The van der Waals surface area contributed by atoms with Crippen LogP contribution in [0, 0.1) is 17.3 Å². The van der Waals surface area contributed by atoms with Crippen LogP contribution >= 0.6 is 0 Å². The molecule has 1 spiro atoms. The predicted molar refractivity (Wildman–Crippen MR) is 186 cm³/mol. The van der Waals surface area contributed by atoms with Gasteiger partial charge in [-0.15, -0.1) is 0 Å². The fraction of sp³-hybridized carbons (Fsp3) is 0.641. The van der Waals surface area contributed by atoms with E-state index in [0.29, 0.717) is 32.4 Å². The number of hydrogen-bond donors (Lipinski definition) is 2. The summed E-state index contributed by atoms with van der Waals surface area (Å²) < 4.78 is 13.2. The van der Waals surface area contributed by atoms with E-state index in [2.05, 4.69) is 39.9 Å². The van der Waals surface area contributed by atoms with Gasteiger partial charge in [-0.3, -0.25) is 19.2 Å². The average molecular weight is 678 g/mol. The lowest BCUT2D eigenvalue weighted by Gasteiger charge is -2.44. The van der Waals surface area contributed by atoms with E-state index in [-0.39, 0.29) is 36.2 Å². The number of fused-ring (bicyclic) bond motifs is 2. The van der Waals surface area contributed by atoms with Gasteiger partial charge >= 0.3 is 5.97 Å². The predicted octanol–water partition coefficient (Wildman–Crippen LogP) is 4.87. The van der Waals surface area contributed by atoms with Crippen molar-refractivity contribution in [1.82, 2.24) is 15.1 Å². The van der Waals surface area contributed by atoms with Crippen LogP contribution in [0.15, 0.2) is 54.6 Å². The van der Waals surface area contributed by atoms with Crippen LogP contribution in [0.2, 0.25) is 0 Å². The van der Waals surface area contributed by atoms with Crippen LogP contribution in [0.1, 0.15) is 98.2 Å². The molecular weight excluding hydrogens is 622 g/mol. The Morgan fingerprint density at radius 3 is 2.37 bits per heavy atom. The minimum atomic E-state index is -1.38. The number of likely N-dealkylation sites (tertiary alicyclic amines) is 1. The third-order valence-electron chi connectivity index (χ3n) is 10.3. The largest absolute Gasteiger partial charge is 0.455 e. The SMILES string of the molecule is C[C@H]1NC(=O)CC/C=C\[C@H]2O[C@]34C=CCN(C(C)(C)CC(C)(C)C)C(=O)[C@H]3N(CCCCCCO)C(=O)[C@@H]4[C@H]2C(=O)O[C@@H]1c1ccccc1. The number of aliphatic hydroxyl groups is 1. The molecule has 5 rings (SSSR count). The van der Waals surface area contributed by atoms with E-state index in [1.165, 1.54) is 0 Å². The zero-order chi connectivity index (χ0) is 35.6. The third-order valence-corrected chi connectivity index (χ3v) is 10.3. The number of cyclic esters (lactones) is 1. The van der Waals surface area contributed by atoms with E-state index in [4.69, 9.17) is 9.47 Å². The van der Waals surface area contributed by atoms with E-state index in [9.17, 15) is 24.3 Å². The molecule has 1 aromatic rings. The summed E-state index contributed by atoms with van der Waals surface area (Å²) in [5, 5.41) is 12.3. The van der Waals surface area contributed by atoms with Gasteiger partial charge < -0.3 is 29.7 Å². The zero-order valence-corrected chi connectivity index (χ0v) is 30.0. The molecule has 2 N–H and O–H groups in total. The van der Waals surface area contributed by atoms with Crippen molar-refractivity contribution in [3.8, 4) is 0 Å². The summed E-state index contributed by atoms with van der Waals surface area (Å²) in [5.74, 6) is -3.22. The van der Waals surface area contributed by atoms with E-state index < -0.39 is 53.2 Å². The Labute approximate surface area is 291 Å². The van der Waals surface area contributed by atoms with Crippen molar-refractivity contribution in [2.75, 3.05) is 19.7 Å². The minimum Gasteiger partial charge on any atom is -0.455 e. The molecular formula is C39H55N3O7. The minimum absolute atomic E-state index is 0.0567. The monoisotopic (exact) mass is 677 g/mol. The van der Waals surface area contributed by atoms with Crippen LogP contribution in [0.4, 0.5) is 0 Å². The number of nitrogens with one attached hydrogen (secondary N) is 1. The molecule has 1 aromatic carbocycles. The summed E-state index contributed by atoms with van der Waals surface area (Å²) in [6.07, 6.45) is 10.1. The topological polar surface area (TPSA) is 125 Å². The number of allylic oxidation sites excluding steroid dienone is 1. The van der Waals surface area contributed by atoms with Crippen LogP contribution in [0.25, 0.3) is 0 Å². The van der Waals surface area contributed by atoms with Crippen LogP contribution < -0.4 is 5.32 Å². The second-order valence-corrected chi connectivity index (χ2v) is 16.0. The Morgan fingerprint density at radius 1 is 0.959 bits per heavy atom. The zero-order valence-electron chi connectivity index (χ0n) is 30.0. The maximum Gasteiger partial charge on any atom is 0.313 e. The van der Waals surface area contributed by atoms with Crippen molar-refractivity contribution in [3.05, 3.63) is 60.2 Å². The number of carbonyl (C=O) groups is 4. The number of rotatable bonds is 9. The molecule has 4 aliphatic heterocycles. The summed E-state index contributed by atoms with van der Waals surface area (Å²) in [6.45, 7) is 13.2. The average Bonchev–Trinajstić information content (AvgIpc) is 3.40. The molecule has 268 valence electrons. The lowest BCUT2D eigenvalue weighted by Crippen LogP contribution is -2.59. The number of aliphatic hydroxyl groups excluding tert-OH is 1. The maximum atomic E-state index is 14.9. The molecule has 49 heavy (non-hydrogen) atoms. The molecule has 0 aromatic heterocycles. The summed E-state index contributed by atoms with van der Waals surface area (Å²) in [7, 11) is 0. The van der Waals surface area contributed by atoms with Crippen molar-refractivity contribution in [2.24, 2.45) is 17.3 Å². The van der Waals surface area contributed by atoms with Gasteiger partial charge in [0.2, 0.25) is 17.7 Å². The number of ether oxygens (including phenoxy) is 2. The van der Waals surface area contributed by atoms with E-state index >= 15 is 0 Å². The van der Waals surface area contributed by atoms with Crippen LogP contribution in [-0.2, 0) is 28.7 Å². The first-order valence-electron chi connectivity index (χ1n) is 18.0. The van der Waals surface area contributed by atoms with Crippen LogP contribution in [0.5, 0.6) is 0 Å². The van der Waals surface area contributed by atoms with Gasteiger partial charge in [0.15, 0.2) is 0 Å². The van der Waals surface area contributed by atoms with Crippen molar-refractivity contribution < 1.29 is 33.8 Å². The van der Waals surface area contributed by atoms with Crippen molar-refractivity contribution >= 4 is 23.7 Å². The van der Waals surface area contributed by atoms with Gasteiger partial charge in [0.05, 0.1) is 18.1 Å². The standard InChI is InChI=1S/C39H55N3O7/c1-26-32(27-17-10-9-11-18-27)48-36(47)30-28(19-12-13-20-29(44)40-26)49-39-21-16-23-42(38(5,6)25-37(2,3)4)35(46)33(39)41(34(45)31(30)39)22-14-7-8-15-24-43/h9-12,16-19,21,26,28,30-33,43H,7-8,13-15,20,22-25H2,1-6H3,(H,40,44)/b19-12-/t26-,28-,30+,31+,32+,33-,39+/m1/s1. The molecule has 4 aliphatic rings. The number of amides is 3. The second kappa shape index (κ2) is 14.8. The van der Waals surface area contributed by atoms with Gasteiger partial charge in [0.25, 0.3) is 0 Å². The van der Waals surface area contributed by atoms with Gasteiger partial charge in [-0.05, 0) is 57.4 Å². The normalized spacial score (nSPS) is 31.6. The molecule has 0 saturated carbocycles. The molecule has 0 unspecified atom stereocenters. The number of esters is 1. The molecule has 2 fully saturated rings. The smallest absolute Gasteiger partial charge is 0.313 e. The molecule has 0 radical (unpaired) electrons. The second-order valence-electron chi connectivity index (χ2n) is 16.0. The Kier molecular flexibility index (Phi) is 11.1. The summed E-state index contributed by atoms with van der Waals surface area (Å²) in [5.41, 5.74) is -1.24. The van der Waals surface area contributed by atoms with E-state index in [1.54, 1.807) is 11.0 Å². The Bertz CT molecular complexity index is 1430. The molecule has 7 atom stereocenters. The van der Waals surface area contributed by atoms with E-state index in [1.807, 2.05) is 60.4 Å². The van der Waals surface area contributed by atoms with Crippen molar-refractivity contribution in [2.45, 2.75) is 122 Å². The first kappa shape index (κ1) is 36.8. The number of nitrogens with zero attached hydrogens (tertiary/aromatic N) is 2. The Balaban J connectivity index is 1.57. The maximum absolute atomic E-state index is 14.9. The molecule has 0 bridgehead atoms.